The van der Waals surface area contributed by atoms with Gasteiger partial charge in [0.05, 0.1) is 5.12 Å². The summed E-state index contributed by atoms with van der Waals surface area (Å²) in [6, 6.07) is 0. The fourth-order valence-corrected chi connectivity index (χ4v) is 1.56. The summed E-state index contributed by atoms with van der Waals surface area (Å²) in [6.07, 6.45) is 2.93. The number of hydrogen-bond acceptors (Lipinski definition) is 1. The van der Waals surface area contributed by atoms with Crippen LogP contribution in [0.3, 0.4) is 0 Å². The molecule has 2 N–H and O–H groups in total. The summed E-state index contributed by atoms with van der Waals surface area (Å²) in [5.74, 6) is 1.12. The molecule has 0 bridgehead atoms. The van der Waals surface area contributed by atoms with Crippen molar-refractivity contribution < 1.29 is 0 Å². The van der Waals surface area contributed by atoms with Crippen molar-refractivity contribution in [2.24, 2.45) is 17.3 Å². The Balaban J connectivity index is 3.77. The van der Waals surface area contributed by atoms with Crippen LogP contribution in [0.5, 0.6) is 0 Å². The molecule has 11 heavy (non-hydrogen) atoms. The standard InChI is InChI=1S/C8H17ClNP/c1-4-7(6(2)3)5-8(9)11-10/h4,6-8,11H,1,5,10H2,2-3H3. The van der Waals surface area contributed by atoms with Crippen molar-refractivity contribution in [2.75, 3.05) is 0 Å². The first-order valence-electron chi connectivity index (χ1n) is 3.84. The fraction of sp³-hybridized carbons (Fsp3) is 0.750. The molecule has 1 nitrogen and oxygen atoms in total. The Morgan fingerprint density at radius 1 is 1.64 bits per heavy atom. The van der Waals surface area contributed by atoms with E-state index in [0.29, 0.717) is 20.6 Å². The van der Waals surface area contributed by atoms with E-state index >= 15 is 0 Å². The minimum absolute atomic E-state index is 0.125. The lowest BCUT2D eigenvalue weighted by Crippen LogP contribution is -2.10. The number of nitrogens with two attached hydrogens (primary N) is 1. The Morgan fingerprint density at radius 3 is 2.45 bits per heavy atom. The zero-order valence-electron chi connectivity index (χ0n) is 7.18. The molecule has 0 amide bonds. The molecule has 0 aliphatic rings. The third kappa shape index (κ3) is 4.79. The van der Waals surface area contributed by atoms with E-state index < -0.39 is 0 Å². The lowest BCUT2D eigenvalue weighted by Gasteiger charge is -2.18. The lowest BCUT2D eigenvalue weighted by atomic mass is 9.94. The van der Waals surface area contributed by atoms with Crippen LogP contribution in [-0.4, -0.2) is 5.12 Å². The highest BCUT2D eigenvalue weighted by atomic mass is 35.5. The van der Waals surface area contributed by atoms with Gasteiger partial charge in [0.1, 0.15) is 0 Å². The van der Waals surface area contributed by atoms with E-state index in [0.717, 1.165) is 6.42 Å². The van der Waals surface area contributed by atoms with Crippen molar-refractivity contribution in [1.82, 2.24) is 0 Å². The van der Waals surface area contributed by atoms with Gasteiger partial charge in [-0.25, -0.2) is 0 Å². The Kier molecular flexibility index (Phi) is 6.22. The summed E-state index contributed by atoms with van der Waals surface area (Å²) in [4.78, 5) is 0. The largest absolute Gasteiger partial charge is 0.311 e. The van der Waals surface area contributed by atoms with Gasteiger partial charge in [0.25, 0.3) is 0 Å². The van der Waals surface area contributed by atoms with Crippen LogP contribution in [0, 0.1) is 11.8 Å². The minimum atomic E-state index is 0.125. The van der Waals surface area contributed by atoms with Crippen molar-refractivity contribution in [3.05, 3.63) is 12.7 Å². The summed E-state index contributed by atoms with van der Waals surface area (Å²) in [7, 11) is 0.338. The van der Waals surface area contributed by atoms with Crippen molar-refractivity contribution in [3.8, 4) is 0 Å². The summed E-state index contributed by atoms with van der Waals surface area (Å²) >= 11 is 5.92. The maximum atomic E-state index is 5.92. The molecule has 0 saturated carbocycles. The number of halogens is 1. The van der Waals surface area contributed by atoms with Crippen LogP contribution in [0.15, 0.2) is 12.7 Å². The van der Waals surface area contributed by atoms with Crippen LogP contribution in [0.2, 0.25) is 0 Å². The molecule has 0 aromatic rings. The second kappa shape index (κ2) is 5.99. The van der Waals surface area contributed by atoms with Gasteiger partial charge in [-0.15, -0.1) is 18.2 Å². The molecule has 66 valence electrons. The highest BCUT2D eigenvalue weighted by molar-refractivity contribution is 7.38. The normalized spacial score (nSPS) is 17.5. The number of rotatable bonds is 5. The maximum Gasteiger partial charge on any atom is 0.0642 e. The lowest BCUT2D eigenvalue weighted by molar-refractivity contribution is 0.450. The van der Waals surface area contributed by atoms with E-state index in [1.807, 2.05) is 6.08 Å². The molecule has 0 aliphatic carbocycles. The van der Waals surface area contributed by atoms with Crippen molar-refractivity contribution in [1.29, 1.82) is 0 Å². The molecule has 0 spiro atoms. The molecule has 0 fully saturated rings. The van der Waals surface area contributed by atoms with Crippen LogP contribution in [0.25, 0.3) is 0 Å². The third-order valence-electron chi connectivity index (χ3n) is 1.82. The van der Waals surface area contributed by atoms with Gasteiger partial charge in [-0.05, 0) is 27.0 Å². The summed E-state index contributed by atoms with van der Waals surface area (Å²) in [6.45, 7) is 8.13. The maximum absolute atomic E-state index is 5.92. The number of hydrogen-bond donors (Lipinski definition) is 1. The molecule has 0 radical (unpaired) electrons. The highest BCUT2D eigenvalue weighted by Gasteiger charge is 2.13. The quantitative estimate of drug-likeness (QED) is 0.406. The van der Waals surface area contributed by atoms with E-state index in [-0.39, 0.29) is 5.12 Å². The molecule has 0 aromatic carbocycles. The average Bonchev–Trinajstić information content (AvgIpc) is 1.99. The van der Waals surface area contributed by atoms with Gasteiger partial charge >= 0.3 is 0 Å². The molecule has 3 heteroatoms. The summed E-state index contributed by atoms with van der Waals surface area (Å²) in [5.41, 5.74) is 5.44. The first kappa shape index (κ1) is 11.4. The topological polar surface area (TPSA) is 26.0 Å². The number of alkyl halides is 1. The Morgan fingerprint density at radius 2 is 2.18 bits per heavy atom. The molecular formula is C8H17ClNP. The van der Waals surface area contributed by atoms with Crippen molar-refractivity contribution in [3.63, 3.8) is 0 Å². The molecule has 3 unspecified atom stereocenters. The van der Waals surface area contributed by atoms with Gasteiger partial charge in [0.15, 0.2) is 0 Å². The molecule has 0 aliphatic heterocycles. The SMILES string of the molecule is C=CC(CC(Cl)PN)C(C)C. The summed E-state index contributed by atoms with van der Waals surface area (Å²) < 4.78 is 0. The third-order valence-corrected chi connectivity index (χ3v) is 2.97. The van der Waals surface area contributed by atoms with Gasteiger partial charge in [-0.2, -0.15) is 0 Å². The first-order valence-corrected chi connectivity index (χ1v) is 5.43. The summed E-state index contributed by atoms with van der Waals surface area (Å²) in [5, 5.41) is 0.125. The predicted octanol–water partition coefficient (Wildman–Crippen LogP) is 2.95. The van der Waals surface area contributed by atoms with E-state index in [4.69, 9.17) is 17.1 Å². The van der Waals surface area contributed by atoms with Crippen LogP contribution in [-0.2, 0) is 0 Å². The molecule has 0 saturated heterocycles. The first-order chi connectivity index (χ1) is 5.11. The molecular weight excluding hydrogens is 177 g/mol. The van der Waals surface area contributed by atoms with E-state index in [1.54, 1.807) is 0 Å². The monoisotopic (exact) mass is 193 g/mol. The molecule has 0 heterocycles. The van der Waals surface area contributed by atoms with Crippen LogP contribution >= 0.6 is 20.3 Å². The highest BCUT2D eigenvalue weighted by Crippen LogP contribution is 2.27. The van der Waals surface area contributed by atoms with E-state index in [2.05, 4.69) is 20.4 Å². The van der Waals surface area contributed by atoms with Gasteiger partial charge in [-0.3, -0.25) is 0 Å². The van der Waals surface area contributed by atoms with Crippen molar-refractivity contribution in [2.45, 2.75) is 25.4 Å². The zero-order valence-corrected chi connectivity index (χ0v) is 8.93. The zero-order chi connectivity index (χ0) is 8.85. The minimum Gasteiger partial charge on any atom is -0.311 e. The smallest absolute Gasteiger partial charge is 0.0642 e. The molecule has 0 aromatic heterocycles. The van der Waals surface area contributed by atoms with Crippen LogP contribution in [0.1, 0.15) is 20.3 Å². The van der Waals surface area contributed by atoms with Gasteiger partial charge in [0.2, 0.25) is 0 Å². The van der Waals surface area contributed by atoms with Crippen LogP contribution in [0.4, 0.5) is 0 Å². The second-order valence-electron chi connectivity index (χ2n) is 3.01. The molecule has 0 rings (SSSR count). The van der Waals surface area contributed by atoms with Gasteiger partial charge < -0.3 is 5.50 Å². The van der Waals surface area contributed by atoms with Crippen LogP contribution < -0.4 is 5.50 Å². The average molecular weight is 194 g/mol. The Bertz CT molecular complexity index is 117. The van der Waals surface area contributed by atoms with E-state index in [9.17, 15) is 0 Å². The Labute approximate surface area is 76.2 Å². The van der Waals surface area contributed by atoms with Gasteiger partial charge in [-0.1, -0.05) is 19.9 Å². The fourth-order valence-electron chi connectivity index (χ4n) is 0.948. The second-order valence-corrected chi connectivity index (χ2v) is 4.94. The van der Waals surface area contributed by atoms with E-state index in [1.165, 1.54) is 0 Å². The number of allylic oxidation sites excluding steroid dienone is 1. The predicted molar refractivity (Wildman–Crippen MR) is 55.3 cm³/mol. The Hall–Kier alpha value is 0.420. The molecule has 3 atom stereocenters. The van der Waals surface area contributed by atoms with Gasteiger partial charge in [0, 0.05) is 0 Å². The van der Waals surface area contributed by atoms with Crippen molar-refractivity contribution >= 4 is 20.3 Å².